The first-order chi connectivity index (χ1) is 10.7. The molecule has 1 amide bonds. The normalized spacial score (nSPS) is 13.2. The molecule has 2 unspecified atom stereocenters. The van der Waals surface area contributed by atoms with Crippen molar-refractivity contribution in [2.45, 2.75) is 18.8 Å². The van der Waals surface area contributed by atoms with Gasteiger partial charge in [0.2, 0.25) is 0 Å². The van der Waals surface area contributed by atoms with Gasteiger partial charge in [0.15, 0.2) is 5.82 Å². The number of aromatic nitrogens is 2. The van der Waals surface area contributed by atoms with E-state index in [1.165, 1.54) is 12.4 Å². The van der Waals surface area contributed by atoms with E-state index in [2.05, 4.69) is 15.3 Å². The highest BCUT2D eigenvalue weighted by Gasteiger charge is 2.21. The van der Waals surface area contributed by atoms with Crippen molar-refractivity contribution < 1.29 is 19.7 Å². The van der Waals surface area contributed by atoms with Gasteiger partial charge in [0.05, 0.1) is 0 Å². The van der Waals surface area contributed by atoms with Crippen molar-refractivity contribution in [2.75, 3.05) is 6.54 Å². The second-order valence-corrected chi connectivity index (χ2v) is 4.56. The van der Waals surface area contributed by atoms with Crippen molar-refractivity contribution in [3.8, 4) is 0 Å². The number of hydrogen-bond donors (Lipinski definition) is 3. The fourth-order valence-corrected chi connectivity index (χ4v) is 1.71. The number of aliphatic hydroxyl groups is 2. The summed E-state index contributed by atoms with van der Waals surface area (Å²) in [5.41, 5.74) is 0.857. The molecule has 0 radical (unpaired) electrons. The van der Waals surface area contributed by atoms with Gasteiger partial charge < -0.3 is 20.3 Å². The number of benzene rings is 1. The summed E-state index contributed by atoms with van der Waals surface area (Å²) in [5.74, 6) is 0.0921. The van der Waals surface area contributed by atoms with Gasteiger partial charge in [-0.25, -0.2) is 14.8 Å². The summed E-state index contributed by atoms with van der Waals surface area (Å²) in [5, 5.41) is 22.0. The molecule has 0 aliphatic heterocycles. The maximum absolute atomic E-state index is 11.5. The molecule has 1 aromatic carbocycles. The molecular weight excluding hydrogens is 286 g/mol. The summed E-state index contributed by atoms with van der Waals surface area (Å²) in [6, 6.07) is 10.8. The molecule has 22 heavy (non-hydrogen) atoms. The van der Waals surface area contributed by atoms with Gasteiger partial charge in [0.25, 0.3) is 0 Å². The molecule has 2 atom stereocenters. The van der Waals surface area contributed by atoms with E-state index < -0.39 is 18.3 Å². The minimum Gasteiger partial charge on any atom is -0.445 e. The lowest BCUT2D eigenvalue weighted by Crippen LogP contribution is -2.36. The van der Waals surface area contributed by atoms with Crippen LogP contribution in [0.25, 0.3) is 0 Å². The quantitative estimate of drug-likeness (QED) is 0.729. The Morgan fingerprint density at radius 2 is 1.82 bits per heavy atom. The van der Waals surface area contributed by atoms with Crippen LogP contribution in [0, 0.1) is 0 Å². The zero-order valence-corrected chi connectivity index (χ0v) is 11.8. The van der Waals surface area contributed by atoms with Gasteiger partial charge >= 0.3 is 6.09 Å². The van der Waals surface area contributed by atoms with Crippen LogP contribution in [-0.2, 0) is 11.3 Å². The van der Waals surface area contributed by atoms with Gasteiger partial charge in [-0.15, -0.1) is 0 Å². The van der Waals surface area contributed by atoms with Gasteiger partial charge in [-0.2, -0.15) is 0 Å². The monoisotopic (exact) mass is 303 g/mol. The lowest BCUT2D eigenvalue weighted by molar-refractivity contribution is 0.0132. The van der Waals surface area contributed by atoms with E-state index in [1.807, 2.05) is 30.3 Å². The van der Waals surface area contributed by atoms with Crippen LogP contribution in [0.3, 0.4) is 0 Å². The van der Waals surface area contributed by atoms with Crippen LogP contribution in [0.1, 0.15) is 17.5 Å². The molecule has 1 aromatic heterocycles. The third kappa shape index (κ3) is 4.80. The third-order valence-corrected chi connectivity index (χ3v) is 2.88. The van der Waals surface area contributed by atoms with Crippen LogP contribution in [-0.4, -0.2) is 38.9 Å². The average molecular weight is 303 g/mol. The molecule has 0 fully saturated rings. The molecule has 7 heteroatoms. The summed E-state index contributed by atoms with van der Waals surface area (Å²) in [6.45, 7) is -0.0415. The van der Waals surface area contributed by atoms with Crippen LogP contribution in [0.4, 0.5) is 4.79 Å². The highest BCUT2D eigenvalue weighted by Crippen LogP contribution is 2.10. The van der Waals surface area contributed by atoms with E-state index >= 15 is 0 Å². The summed E-state index contributed by atoms with van der Waals surface area (Å²) < 4.78 is 4.99. The van der Waals surface area contributed by atoms with Crippen LogP contribution < -0.4 is 5.32 Å². The van der Waals surface area contributed by atoms with Gasteiger partial charge in [-0.1, -0.05) is 30.3 Å². The Kier molecular flexibility index (Phi) is 5.81. The Hall–Kier alpha value is -2.51. The molecule has 0 aliphatic rings. The second kappa shape index (κ2) is 8.06. The lowest BCUT2D eigenvalue weighted by atomic mass is 10.2. The molecular formula is C15H17N3O4. The molecule has 0 aliphatic carbocycles. The summed E-state index contributed by atoms with van der Waals surface area (Å²) in [7, 11) is 0. The predicted molar refractivity (Wildman–Crippen MR) is 77.6 cm³/mol. The first-order valence-corrected chi connectivity index (χ1v) is 6.74. The molecule has 2 aromatic rings. The molecule has 0 saturated carbocycles. The number of carbonyl (C=O) groups excluding carboxylic acids is 1. The average Bonchev–Trinajstić information content (AvgIpc) is 2.58. The van der Waals surface area contributed by atoms with Crippen LogP contribution >= 0.6 is 0 Å². The Balaban J connectivity index is 1.74. The van der Waals surface area contributed by atoms with Crippen LogP contribution in [0.15, 0.2) is 48.8 Å². The number of alkyl carbamates (subject to hydrolysis) is 1. The van der Waals surface area contributed by atoms with Crippen molar-refractivity contribution in [2.24, 2.45) is 0 Å². The molecule has 3 N–H and O–H groups in total. The SMILES string of the molecule is O=C(NCC(O)C(O)c1ncccn1)OCc1ccccc1. The highest BCUT2D eigenvalue weighted by atomic mass is 16.5. The number of amides is 1. The number of nitrogens with one attached hydrogen (secondary N) is 1. The van der Waals surface area contributed by atoms with E-state index in [4.69, 9.17) is 4.74 Å². The van der Waals surface area contributed by atoms with E-state index in [1.54, 1.807) is 6.07 Å². The molecule has 116 valence electrons. The van der Waals surface area contributed by atoms with Crippen molar-refractivity contribution in [3.05, 3.63) is 60.2 Å². The van der Waals surface area contributed by atoms with E-state index in [9.17, 15) is 15.0 Å². The maximum atomic E-state index is 11.5. The lowest BCUT2D eigenvalue weighted by Gasteiger charge is -2.16. The van der Waals surface area contributed by atoms with Crippen LogP contribution in [0.2, 0.25) is 0 Å². The van der Waals surface area contributed by atoms with Gasteiger partial charge in [0.1, 0.15) is 18.8 Å². The number of aliphatic hydroxyl groups excluding tert-OH is 2. The van der Waals surface area contributed by atoms with Crippen LogP contribution in [0.5, 0.6) is 0 Å². The molecule has 7 nitrogen and oxygen atoms in total. The predicted octanol–water partition coefficient (Wildman–Crippen LogP) is 0.797. The zero-order valence-electron chi connectivity index (χ0n) is 11.8. The molecule has 0 bridgehead atoms. The molecule has 1 heterocycles. The molecule has 2 rings (SSSR count). The minimum absolute atomic E-state index is 0.0921. The zero-order chi connectivity index (χ0) is 15.8. The van der Waals surface area contributed by atoms with Crippen molar-refractivity contribution in [3.63, 3.8) is 0 Å². The van der Waals surface area contributed by atoms with E-state index in [-0.39, 0.29) is 19.0 Å². The standard InChI is InChI=1S/C15H17N3O4/c19-12(13(20)14-16-7-4-8-17-14)9-18-15(21)22-10-11-5-2-1-3-6-11/h1-8,12-13,19-20H,9-10H2,(H,18,21). The second-order valence-electron chi connectivity index (χ2n) is 4.56. The smallest absolute Gasteiger partial charge is 0.407 e. The molecule has 0 spiro atoms. The summed E-state index contributed by atoms with van der Waals surface area (Å²) in [6.07, 6.45) is -0.272. The summed E-state index contributed by atoms with van der Waals surface area (Å²) >= 11 is 0. The number of nitrogens with zero attached hydrogens (tertiary/aromatic N) is 2. The number of hydrogen-bond acceptors (Lipinski definition) is 6. The highest BCUT2D eigenvalue weighted by molar-refractivity contribution is 5.67. The largest absolute Gasteiger partial charge is 0.445 e. The Morgan fingerprint density at radius 1 is 1.14 bits per heavy atom. The van der Waals surface area contributed by atoms with Gasteiger partial charge in [-0.05, 0) is 11.6 Å². The van der Waals surface area contributed by atoms with Crippen molar-refractivity contribution >= 4 is 6.09 Å². The number of rotatable bonds is 6. The fourth-order valence-electron chi connectivity index (χ4n) is 1.71. The minimum atomic E-state index is -1.28. The van der Waals surface area contributed by atoms with E-state index in [0.717, 1.165) is 5.56 Å². The van der Waals surface area contributed by atoms with E-state index in [0.29, 0.717) is 0 Å². The maximum Gasteiger partial charge on any atom is 0.407 e. The van der Waals surface area contributed by atoms with Gasteiger partial charge in [0, 0.05) is 18.9 Å². The topological polar surface area (TPSA) is 105 Å². The first-order valence-electron chi connectivity index (χ1n) is 6.74. The first kappa shape index (κ1) is 15.9. The Morgan fingerprint density at radius 3 is 2.50 bits per heavy atom. The van der Waals surface area contributed by atoms with Gasteiger partial charge in [-0.3, -0.25) is 0 Å². The Labute approximate surface area is 127 Å². The van der Waals surface area contributed by atoms with Crippen molar-refractivity contribution in [1.82, 2.24) is 15.3 Å². The Bertz CT molecular complexity index is 580. The third-order valence-electron chi connectivity index (χ3n) is 2.88. The number of ether oxygens (including phenoxy) is 1. The van der Waals surface area contributed by atoms with Crippen molar-refractivity contribution in [1.29, 1.82) is 0 Å². The molecule has 0 saturated heterocycles. The fraction of sp³-hybridized carbons (Fsp3) is 0.267. The number of carbonyl (C=O) groups is 1. The summed E-state index contributed by atoms with van der Waals surface area (Å²) in [4.78, 5) is 19.2.